The minimum Gasteiger partial charge on any atom is -0.454 e. The zero-order chi connectivity index (χ0) is 20.1. The van der Waals surface area contributed by atoms with Gasteiger partial charge >= 0.3 is 0 Å². The van der Waals surface area contributed by atoms with Crippen LogP contribution in [0.4, 0.5) is 17.5 Å². The molecule has 0 spiro atoms. The van der Waals surface area contributed by atoms with Crippen LogP contribution in [0.1, 0.15) is 12.8 Å². The number of nitrogens with two attached hydrogens (primary N) is 1. The zero-order valence-corrected chi connectivity index (χ0v) is 15.9. The number of nitrogen functional groups attached to an aromatic ring is 1. The fourth-order valence-electron chi connectivity index (χ4n) is 3.37. The molecule has 1 amide bonds. The van der Waals surface area contributed by atoms with Gasteiger partial charge < -0.3 is 20.7 Å². The summed E-state index contributed by atoms with van der Waals surface area (Å²) in [4.78, 5) is 27.3. The molecule has 8 heteroatoms. The summed E-state index contributed by atoms with van der Waals surface area (Å²) in [5.74, 6) is 1.96. The van der Waals surface area contributed by atoms with Gasteiger partial charge in [0.2, 0.25) is 11.9 Å². The number of carbonyl (C=O) groups is 1. The number of aromatic nitrogens is 3. The van der Waals surface area contributed by atoms with Crippen LogP contribution in [-0.2, 0) is 4.79 Å². The van der Waals surface area contributed by atoms with Crippen LogP contribution in [0.3, 0.4) is 0 Å². The summed E-state index contributed by atoms with van der Waals surface area (Å²) in [5, 5.41) is 3.02. The summed E-state index contributed by atoms with van der Waals surface area (Å²) in [5.41, 5.74) is 6.32. The van der Waals surface area contributed by atoms with Crippen molar-refractivity contribution >= 4 is 23.4 Å². The summed E-state index contributed by atoms with van der Waals surface area (Å²) in [6, 6.07) is 12.8. The Labute approximate surface area is 168 Å². The molecule has 1 fully saturated rings. The lowest BCUT2D eigenvalue weighted by Gasteiger charge is -2.32. The summed E-state index contributed by atoms with van der Waals surface area (Å²) in [6.45, 7) is 1.41. The normalized spacial score (nSPS) is 16.3. The standard InChI is InChI=1S/C21H22N6O2/c22-21-24-11-9-19(26-21)27-12-4-5-15(14-27)20(28)25-17-7-1-2-8-18(17)29-16-6-3-10-23-13-16/h1-3,6-11,13,15H,4-5,12,14H2,(H,25,28)(H2,22,24,26). The molecule has 3 N–H and O–H groups in total. The first-order valence-electron chi connectivity index (χ1n) is 9.50. The van der Waals surface area contributed by atoms with Gasteiger partial charge in [-0.15, -0.1) is 0 Å². The Bertz CT molecular complexity index is 982. The molecule has 1 atom stereocenters. The van der Waals surface area contributed by atoms with Crippen molar-refractivity contribution in [2.24, 2.45) is 5.92 Å². The highest BCUT2D eigenvalue weighted by molar-refractivity contribution is 5.94. The number of anilines is 3. The lowest BCUT2D eigenvalue weighted by Crippen LogP contribution is -2.41. The van der Waals surface area contributed by atoms with Crippen molar-refractivity contribution in [3.63, 3.8) is 0 Å². The van der Waals surface area contributed by atoms with E-state index in [9.17, 15) is 4.79 Å². The molecule has 2 aromatic heterocycles. The van der Waals surface area contributed by atoms with E-state index in [-0.39, 0.29) is 17.8 Å². The number of amides is 1. The van der Waals surface area contributed by atoms with Crippen molar-refractivity contribution in [2.45, 2.75) is 12.8 Å². The SMILES string of the molecule is Nc1nccc(N2CCCC(C(=O)Nc3ccccc3Oc3cccnc3)C2)n1. The van der Waals surface area contributed by atoms with Gasteiger partial charge in [0.1, 0.15) is 11.6 Å². The van der Waals surface area contributed by atoms with Gasteiger partial charge in [0, 0.05) is 25.5 Å². The first kappa shape index (κ1) is 18.7. The number of nitrogens with one attached hydrogen (secondary N) is 1. The fourth-order valence-corrected chi connectivity index (χ4v) is 3.37. The van der Waals surface area contributed by atoms with Crippen LogP contribution in [-0.4, -0.2) is 33.9 Å². The lowest BCUT2D eigenvalue weighted by atomic mass is 9.97. The number of pyridine rings is 1. The van der Waals surface area contributed by atoms with Gasteiger partial charge in [-0.2, -0.15) is 4.98 Å². The predicted molar refractivity (Wildman–Crippen MR) is 111 cm³/mol. The van der Waals surface area contributed by atoms with Crippen LogP contribution in [0.25, 0.3) is 0 Å². The fraction of sp³-hybridized carbons (Fsp3) is 0.238. The van der Waals surface area contributed by atoms with E-state index in [1.54, 1.807) is 24.7 Å². The van der Waals surface area contributed by atoms with Crippen LogP contribution in [0, 0.1) is 5.92 Å². The van der Waals surface area contributed by atoms with Crippen molar-refractivity contribution in [2.75, 3.05) is 29.0 Å². The summed E-state index contributed by atoms with van der Waals surface area (Å²) in [7, 11) is 0. The van der Waals surface area contributed by atoms with E-state index in [0.29, 0.717) is 23.7 Å². The lowest BCUT2D eigenvalue weighted by molar-refractivity contribution is -0.120. The third-order valence-corrected chi connectivity index (χ3v) is 4.78. The summed E-state index contributed by atoms with van der Waals surface area (Å²) < 4.78 is 5.88. The zero-order valence-electron chi connectivity index (χ0n) is 15.9. The average molecular weight is 390 g/mol. The Hall–Kier alpha value is -3.68. The van der Waals surface area contributed by atoms with Gasteiger partial charge in [0.25, 0.3) is 0 Å². The van der Waals surface area contributed by atoms with Crippen molar-refractivity contribution in [1.82, 2.24) is 15.0 Å². The second-order valence-corrected chi connectivity index (χ2v) is 6.83. The number of ether oxygens (including phenoxy) is 1. The van der Waals surface area contributed by atoms with Crippen molar-refractivity contribution in [1.29, 1.82) is 0 Å². The first-order valence-corrected chi connectivity index (χ1v) is 9.50. The highest BCUT2D eigenvalue weighted by Crippen LogP contribution is 2.30. The molecule has 4 rings (SSSR count). The van der Waals surface area contributed by atoms with Crippen LogP contribution < -0.4 is 20.7 Å². The second-order valence-electron chi connectivity index (χ2n) is 6.83. The predicted octanol–water partition coefficient (Wildman–Crippen LogP) is 3.10. The highest BCUT2D eigenvalue weighted by atomic mass is 16.5. The van der Waals surface area contributed by atoms with E-state index in [0.717, 1.165) is 25.2 Å². The number of carbonyl (C=O) groups excluding carboxylic acids is 1. The van der Waals surface area contributed by atoms with Crippen molar-refractivity contribution in [3.8, 4) is 11.5 Å². The topological polar surface area (TPSA) is 106 Å². The van der Waals surface area contributed by atoms with E-state index in [1.165, 1.54) is 0 Å². The Kier molecular flexibility index (Phi) is 5.51. The maximum absolute atomic E-state index is 13.0. The molecule has 0 radical (unpaired) electrons. The molecule has 0 aliphatic carbocycles. The molecule has 1 aromatic carbocycles. The number of benzene rings is 1. The van der Waals surface area contributed by atoms with E-state index < -0.39 is 0 Å². The van der Waals surface area contributed by atoms with E-state index in [1.807, 2.05) is 36.4 Å². The molecule has 148 valence electrons. The minimum atomic E-state index is -0.161. The third-order valence-electron chi connectivity index (χ3n) is 4.78. The Morgan fingerprint density at radius 2 is 2.07 bits per heavy atom. The molecule has 3 heterocycles. The molecule has 0 bridgehead atoms. The number of para-hydroxylation sites is 2. The molecule has 3 aromatic rings. The molecule has 1 saturated heterocycles. The van der Waals surface area contributed by atoms with Gasteiger partial charge in [-0.25, -0.2) is 4.98 Å². The van der Waals surface area contributed by atoms with Gasteiger partial charge in [-0.3, -0.25) is 9.78 Å². The molecule has 0 saturated carbocycles. The molecular formula is C21H22N6O2. The Morgan fingerprint density at radius 3 is 2.90 bits per heavy atom. The molecular weight excluding hydrogens is 368 g/mol. The largest absolute Gasteiger partial charge is 0.454 e. The van der Waals surface area contributed by atoms with Crippen LogP contribution in [0.2, 0.25) is 0 Å². The molecule has 1 aliphatic rings. The van der Waals surface area contributed by atoms with E-state index in [2.05, 4.69) is 25.2 Å². The van der Waals surface area contributed by atoms with E-state index >= 15 is 0 Å². The quantitative estimate of drug-likeness (QED) is 0.689. The molecule has 29 heavy (non-hydrogen) atoms. The number of rotatable bonds is 5. The molecule has 1 aliphatic heterocycles. The van der Waals surface area contributed by atoms with Gasteiger partial charge in [-0.05, 0) is 43.2 Å². The van der Waals surface area contributed by atoms with Gasteiger partial charge in [0.05, 0.1) is 17.8 Å². The number of hydrogen-bond acceptors (Lipinski definition) is 7. The summed E-state index contributed by atoms with van der Waals surface area (Å²) >= 11 is 0. The van der Waals surface area contributed by atoms with Gasteiger partial charge in [-0.1, -0.05) is 12.1 Å². The summed E-state index contributed by atoms with van der Waals surface area (Å²) in [6.07, 6.45) is 6.66. The molecule has 8 nitrogen and oxygen atoms in total. The second kappa shape index (κ2) is 8.55. The maximum atomic E-state index is 13.0. The van der Waals surface area contributed by atoms with Crippen LogP contribution in [0.15, 0.2) is 61.1 Å². The van der Waals surface area contributed by atoms with Crippen molar-refractivity contribution < 1.29 is 9.53 Å². The molecule has 1 unspecified atom stereocenters. The van der Waals surface area contributed by atoms with Crippen LogP contribution in [0.5, 0.6) is 11.5 Å². The van der Waals surface area contributed by atoms with Gasteiger partial charge in [0.15, 0.2) is 5.75 Å². The van der Waals surface area contributed by atoms with Crippen LogP contribution >= 0.6 is 0 Å². The Balaban J connectivity index is 1.45. The number of nitrogens with zero attached hydrogens (tertiary/aromatic N) is 4. The maximum Gasteiger partial charge on any atom is 0.229 e. The van der Waals surface area contributed by atoms with E-state index in [4.69, 9.17) is 10.5 Å². The number of hydrogen-bond donors (Lipinski definition) is 2. The third kappa shape index (κ3) is 4.60. The highest BCUT2D eigenvalue weighted by Gasteiger charge is 2.27. The number of piperidine rings is 1. The average Bonchev–Trinajstić information content (AvgIpc) is 2.76. The minimum absolute atomic E-state index is 0.0426. The Morgan fingerprint density at radius 1 is 1.17 bits per heavy atom. The monoisotopic (exact) mass is 390 g/mol. The first-order chi connectivity index (χ1) is 14.2. The van der Waals surface area contributed by atoms with Crippen molar-refractivity contribution in [3.05, 3.63) is 61.1 Å². The smallest absolute Gasteiger partial charge is 0.229 e.